The van der Waals surface area contributed by atoms with E-state index in [1.807, 2.05) is 19.1 Å². The number of aryl methyl sites for hydroxylation is 1. The maximum absolute atomic E-state index is 12.1. The van der Waals surface area contributed by atoms with Gasteiger partial charge in [-0.3, -0.25) is 9.89 Å². The first-order valence-electron chi connectivity index (χ1n) is 7.71. The topological polar surface area (TPSA) is 96.4 Å². The van der Waals surface area contributed by atoms with E-state index in [1.165, 1.54) is 18.2 Å². The van der Waals surface area contributed by atoms with Crippen molar-refractivity contribution in [3.63, 3.8) is 0 Å². The van der Waals surface area contributed by atoms with Gasteiger partial charge in [-0.05, 0) is 42.8 Å². The molecule has 26 heavy (non-hydrogen) atoms. The first-order chi connectivity index (χ1) is 12.6. The minimum absolute atomic E-state index is 0.254. The predicted octanol–water partition coefficient (Wildman–Crippen LogP) is 3.00. The van der Waals surface area contributed by atoms with Crippen LogP contribution in [0.2, 0.25) is 0 Å². The van der Waals surface area contributed by atoms with Gasteiger partial charge in [-0.15, -0.1) is 11.3 Å². The van der Waals surface area contributed by atoms with Crippen molar-refractivity contribution in [2.45, 2.75) is 6.92 Å². The van der Waals surface area contributed by atoms with E-state index in [9.17, 15) is 9.59 Å². The highest BCUT2D eigenvalue weighted by molar-refractivity contribution is 7.15. The Balaban J connectivity index is 1.61. The van der Waals surface area contributed by atoms with E-state index in [0.29, 0.717) is 5.56 Å². The fraction of sp³-hybridized carbons (Fsp3) is 0.111. The fourth-order valence-electron chi connectivity index (χ4n) is 2.19. The number of hydrazone groups is 1. The third-order valence-corrected chi connectivity index (χ3v) is 4.56. The molecule has 0 aliphatic heterocycles. The first kappa shape index (κ1) is 17.6. The zero-order valence-corrected chi connectivity index (χ0v) is 15.0. The third-order valence-electron chi connectivity index (χ3n) is 3.53. The van der Waals surface area contributed by atoms with Crippen LogP contribution in [0.15, 0.2) is 47.6 Å². The van der Waals surface area contributed by atoms with Crippen molar-refractivity contribution in [3.8, 4) is 10.6 Å². The van der Waals surface area contributed by atoms with Crippen LogP contribution in [0.1, 0.15) is 31.3 Å². The van der Waals surface area contributed by atoms with Crippen molar-refractivity contribution < 1.29 is 14.3 Å². The lowest BCUT2D eigenvalue weighted by Gasteiger charge is -1.99. The lowest BCUT2D eigenvalue weighted by Crippen LogP contribution is -2.18. The number of thiophene rings is 1. The maximum Gasteiger partial charge on any atom is 0.337 e. The third kappa shape index (κ3) is 4.04. The number of benzene rings is 1. The highest BCUT2D eigenvalue weighted by atomic mass is 32.1. The molecule has 0 aliphatic carbocycles. The number of aromatic nitrogens is 2. The molecular formula is C18H16N4O3S. The number of hydrogen-bond acceptors (Lipinski definition) is 6. The molecule has 132 valence electrons. The molecule has 0 bridgehead atoms. The Labute approximate surface area is 153 Å². The van der Waals surface area contributed by atoms with Crippen molar-refractivity contribution in [3.05, 3.63) is 64.2 Å². The summed E-state index contributed by atoms with van der Waals surface area (Å²) < 4.78 is 4.63. The Morgan fingerprint density at radius 2 is 2.00 bits per heavy atom. The van der Waals surface area contributed by atoms with Crippen LogP contribution in [-0.2, 0) is 4.74 Å². The van der Waals surface area contributed by atoms with Crippen LogP contribution in [0.3, 0.4) is 0 Å². The number of amides is 1. The minimum Gasteiger partial charge on any atom is -0.465 e. The molecule has 0 saturated carbocycles. The van der Waals surface area contributed by atoms with E-state index in [-0.39, 0.29) is 5.69 Å². The summed E-state index contributed by atoms with van der Waals surface area (Å²) in [6.07, 6.45) is 1.48. The van der Waals surface area contributed by atoms with Crippen LogP contribution in [0, 0.1) is 6.92 Å². The van der Waals surface area contributed by atoms with Crippen molar-refractivity contribution in [2.24, 2.45) is 5.10 Å². The van der Waals surface area contributed by atoms with E-state index in [2.05, 4.69) is 25.5 Å². The summed E-state index contributed by atoms with van der Waals surface area (Å²) in [6.45, 7) is 2.02. The molecule has 0 atom stereocenters. The van der Waals surface area contributed by atoms with Crippen molar-refractivity contribution in [2.75, 3.05) is 7.11 Å². The number of carbonyl (C=O) groups excluding carboxylic acids is 2. The summed E-state index contributed by atoms with van der Waals surface area (Å²) in [5.74, 6) is -0.819. The molecule has 0 saturated heterocycles. The molecule has 0 aliphatic rings. The molecule has 2 heterocycles. The molecule has 2 aromatic heterocycles. The number of rotatable bonds is 5. The molecular weight excluding hydrogens is 352 g/mol. The maximum atomic E-state index is 12.1. The second-order valence-corrected chi connectivity index (χ2v) is 6.68. The molecule has 0 fully saturated rings. The Morgan fingerprint density at radius 3 is 2.65 bits per heavy atom. The van der Waals surface area contributed by atoms with Crippen molar-refractivity contribution in [1.82, 2.24) is 15.6 Å². The average molecular weight is 368 g/mol. The highest BCUT2D eigenvalue weighted by Gasteiger charge is 2.11. The predicted molar refractivity (Wildman–Crippen MR) is 99.5 cm³/mol. The van der Waals surface area contributed by atoms with Gasteiger partial charge in [0.15, 0.2) is 5.69 Å². The van der Waals surface area contributed by atoms with Gasteiger partial charge < -0.3 is 4.74 Å². The lowest BCUT2D eigenvalue weighted by atomic mass is 10.1. The molecule has 0 spiro atoms. The van der Waals surface area contributed by atoms with Gasteiger partial charge in [0.2, 0.25) is 0 Å². The molecule has 7 nitrogen and oxygen atoms in total. The zero-order valence-electron chi connectivity index (χ0n) is 14.1. The molecule has 8 heteroatoms. The number of esters is 1. The summed E-state index contributed by atoms with van der Waals surface area (Å²) in [6, 6.07) is 12.3. The number of hydrogen-bond donors (Lipinski definition) is 2. The number of aromatic amines is 1. The molecule has 1 amide bonds. The van der Waals surface area contributed by atoms with Crippen LogP contribution in [0.5, 0.6) is 0 Å². The van der Waals surface area contributed by atoms with Crippen LogP contribution in [0.25, 0.3) is 10.6 Å². The van der Waals surface area contributed by atoms with E-state index in [0.717, 1.165) is 16.1 Å². The number of methoxy groups -OCH3 is 1. The molecule has 0 unspecified atom stereocenters. The van der Waals surface area contributed by atoms with Crippen LogP contribution >= 0.6 is 11.3 Å². The quantitative estimate of drug-likeness (QED) is 0.411. The van der Waals surface area contributed by atoms with E-state index < -0.39 is 11.9 Å². The normalized spacial score (nSPS) is 10.8. The Kier molecular flexibility index (Phi) is 5.23. The first-order valence-corrected chi connectivity index (χ1v) is 8.52. The standard InChI is InChI=1S/C18H16N4O3S/c1-11-3-8-16(26-11)14-9-15(21-20-14)17(23)22-19-10-12-4-6-13(7-5-12)18(24)25-2/h3-10H,1-2H3,(H,20,21)(H,22,23)/b19-10-. The zero-order chi connectivity index (χ0) is 18.5. The second-order valence-electron chi connectivity index (χ2n) is 5.39. The molecule has 3 aromatic rings. The number of carbonyl (C=O) groups is 2. The monoisotopic (exact) mass is 368 g/mol. The van der Waals surface area contributed by atoms with E-state index >= 15 is 0 Å². The van der Waals surface area contributed by atoms with Gasteiger partial charge in [0, 0.05) is 4.88 Å². The van der Waals surface area contributed by atoms with Crippen LogP contribution in [0.4, 0.5) is 0 Å². The van der Waals surface area contributed by atoms with Gasteiger partial charge >= 0.3 is 5.97 Å². The summed E-state index contributed by atoms with van der Waals surface area (Å²) in [7, 11) is 1.33. The van der Waals surface area contributed by atoms with E-state index in [1.54, 1.807) is 41.7 Å². The van der Waals surface area contributed by atoms with Crippen LogP contribution in [-0.4, -0.2) is 35.4 Å². The molecule has 3 rings (SSSR count). The molecule has 2 N–H and O–H groups in total. The Hall–Kier alpha value is -3.26. The van der Waals surface area contributed by atoms with Gasteiger partial charge in [0.25, 0.3) is 5.91 Å². The van der Waals surface area contributed by atoms with Crippen molar-refractivity contribution in [1.29, 1.82) is 0 Å². The number of ether oxygens (including phenoxy) is 1. The Morgan fingerprint density at radius 1 is 1.23 bits per heavy atom. The summed E-state index contributed by atoms with van der Waals surface area (Å²) in [4.78, 5) is 25.7. The van der Waals surface area contributed by atoms with Gasteiger partial charge in [-0.25, -0.2) is 10.2 Å². The minimum atomic E-state index is -0.414. The largest absolute Gasteiger partial charge is 0.465 e. The number of nitrogens with one attached hydrogen (secondary N) is 2. The fourth-order valence-corrected chi connectivity index (χ4v) is 3.02. The van der Waals surface area contributed by atoms with Crippen molar-refractivity contribution >= 4 is 29.4 Å². The molecule has 0 radical (unpaired) electrons. The smallest absolute Gasteiger partial charge is 0.337 e. The summed E-state index contributed by atoms with van der Waals surface area (Å²) in [5.41, 5.74) is 4.64. The Bertz CT molecular complexity index is 957. The second kappa shape index (κ2) is 7.75. The SMILES string of the molecule is COC(=O)c1ccc(/C=N\NC(=O)c2cc(-c3ccc(C)s3)[nH]n2)cc1. The summed E-state index contributed by atoms with van der Waals surface area (Å²) in [5, 5.41) is 10.8. The number of nitrogens with zero attached hydrogens (tertiary/aromatic N) is 2. The van der Waals surface area contributed by atoms with Gasteiger partial charge in [-0.1, -0.05) is 12.1 Å². The summed E-state index contributed by atoms with van der Waals surface area (Å²) >= 11 is 1.62. The van der Waals surface area contributed by atoms with Gasteiger partial charge in [0.1, 0.15) is 0 Å². The van der Waals surface area contributed by atoms with E-state index in [4.69, 9.17) is 0 Å². The highest BCUT2D eigenvalue weighted by Crippen LogP contribution is 2.26. The van der Waals surface area contributed by atoms with Gasteiger partial charge in [0.05, 0.1) is 29.5 Å². The number of H-pyrrole nitrogens is 1. The average Bonchev–Trinajstić information content (AvgIpc) is 3.30. The lowest BCUT2D eigenvalue weighted by molar-refractivity contribution is 0.0600. The molecule has 1 aromatic carbocycles. The van der Waals surface area contributed by atoms with Gasteiger partial charge in [-0.2, -0.15) is 10.2 Å². The van der Waals surface area contributed by atoms with Crippen LogP contribution < -0.4 is 5.43 Å².